The summed E-state index contributed by atoms with van der Waals surface area (Å²) in [4.78, 5) is 14.5. The van der Waals surface area contributed by atoms with Crippen LogP contribution >= 0.6 is 0 Å². The van der Waals surface area contributed by atoms with Crippen LogP contribution in [0, 0.1) is 6.92 Å². The number of nitrogens with two attached hydrogens (primary N) is 1. The van der Waals surface area contributed by atoms with Crippen molar-refractivity contribution >= 4 is 6.03 Å². The maximum atomic E-state index is 12.8. The number of urea groups is 1. The van der Waals surface area contributed by atoms with Crippen LogP contribution < -0.4 is 5.84 Å². The normalized spacial score (nSPS) is 10.5. The molecule has 0 saturated heterocycles. The minimum absolute atomic E-state index is 0.242. The Balaban J connectivity index is 1.99. The molecule has 0 saturated carbocycles. The first-order valence-electron chi connectivity index (χ1n) is 9.25. The fourth-order valence-corrected chi connectivity index (χ4v) is 2.86. The second kappa shape index (κ2) is 9.78. The average Bonchev–Trinajstić information content (AvgIpc) is 2.65. The molecule has 0 heterocycles. The third-order valence-corrected chi connectivity index (χ3v) is 4.39. The van der Waals surface area contributed by atoms with Crippen LogP contribution in [0.5, 0.6) is 5.75 Å². The number of allylic oxidation sites excluding steroid dienone is 1. The lowest BCUT2D eigenvalue weighted by Crippen LogP contribution is -2.46. The molecule has 0 spiro atoms. The van der Waals surface area contributed by atoms with E-state index in [0.29, 0.717) is 25.9 Å². The number of carbonyl (C=O) groups is 1. The van der Waals surface area contributed by atoms with Gasteiger partial charge in [0.05, 0.1) is 6.54 Å². The number of benzene rings is 2. The quantitative estimate of drug-likeness (QED) is 0.414. The van der Waals surface area contributed by atoms with Crippen molar-refractivity contribution in [1.29, 1.82) is 0 Å². The Labute approximate surface area is 161 Å². The van der Waals surface area contributed by atoms with E-state index < -0.39 is 0 Å². The Kier molecular flexibility index (Phi) is 7.44. The second-order valence-corrected chi connectivity index (χ2v) is 6.78. The number of hydrogen-bond acceptors (Lipinski definition) is 3. The molecular weight excluding hydrogens is 338 g/mol. The average molecular weight is 367 g/mol. The van der Waals surface area contributed by atoms with Crippen LogP contribution in [0.2, 0.25) is 0 Å². The summed E-state index contributed by atoms with van der Waals surface area (Å²) in [5.74, 6) is 6.29. The molecule has 27 heavy (non-hydrogen) atoms. The van der Waals surface area contributed by atoms with Crippen molar-refractivity contribution < 1.29 is 9.90 Å². The number of hydrogen-bond donors (Lipinski definition) is 2. The Bertz CT molecular complexity index is 771. The van der Waals surface area contributed by atoms with Crippen LogP contribution in [-0.4, -0.2) is 27.6 Å². The van der Waals surface area contributed by atoms with Gasteiger partial charge in [-0.25, -0.2) is 10.6 Å². The summed E-state index contributed by atoms with van der Waals surface area (Å²) in [6, 6.07) is 14.8. The third-order valence-electron chi connectivity index (χ3n) is 4.39. The molecule has 0 aliphatic carbocycles. The van der Waals surface area contributed by atoms with Crippen molar-refractivity contribution in [3.63, 3.8) is 0 Å². The zero-order valence-corrected chi connectivity index (χ0v) is 16.2. The molecule has 0 aliphatic heterocycles. The molecular formula is C22H29N3O2. The number of phenolic OH excluding ortho intramolecular Hbond substituents is 1. The molecule has 5 heteroatoms. The first-order valence-corrected chi connectivity index (χ1v) is 9.25. The summed E-state index contributed by atoms with van der Waals surface area (Å²) in [5.41, 5.74) is 3.88. The highest BCUT2D eigenvalue weighted by Gasteiger charge is 2.20. The van der Waals surface area contributed by atoms with Crippen LogP contribution in [0.3, 0.4) is 0 Å². The summed E-state index contributed by atoms with van der Waals surface area (Å²) in [5, 5.41) is 10.8. The van der Waals surface area contributed by atoms with E-state index in [2.05, 4.69) is 6.58 Å². The molecule has 2 amide bonds. The Morgan fingerprint density at radius 1 is 1.15 bits per heavy atom. The number of carbonyl (C=O) groups excluding carboxylic acids is 1. The summed E-state index contributed by atoms with van der Waals surface area (Å²) >= 11 is 0. The van der Waals surface area contributed by atoms with Crippen molar-refractivity contribution in [2.75, 3.05) is 6.54 Å². The van der Waals surface area contributed by atoms with Crippen LogP contribution in [-0.2, 0) is 13.0 Å². The largest absolute Gasteiger partial charge is 0.508 e. The smallest absolute Gasteiger partial charge is 0.338 e. The SMILES string of the molecule is C=C(CCc1cccc(O)c1)N(CCC)C(=O)N(N)Cc1ccc(C)cc1. The number of rotatable bonds is 8. The van der Waals surface area contributed by atoms with Crippen molar-refractivity contribution in [2.45, 2.75) is 39.7 Å². The molecule has 2 rings (SSSR count). The number of aromatic hydroxyl groups is 1. The van der Waals surface area contributed by atoms with E-state index in [1.807, 2.05) is 50.2 Å². The van der Waals surface area contributed by atoms with Gasteiger partial charge in [0.25, 0.3) is 0 Å². The summed E-state index contributed by atoms with van der Waals surface area (Å²) in [6.45, 7) is 9.05. The van der Waals surface area contributed by atoms with Crippen LogP contribution in [0.15, 0.2) is 60.8 Å². The second-order valence-electron chi connectivity index (χ2n) is 6.78. The molecule has 5 nitrogen and oxygen atoms in total. The highest BCUT2D eigenvalue weighted by Crippen LogP contribution is 2.18. The van der Waals surface area contributed by atoms with Gasteiger partial charge in [0.15, 0.2) is 0 Å². The van der Waals surface area contributed by atoms with Gasteiger partial charge in [-0.2, -0.15) is 0 Å². The number of nitrogens with zero attached hydrogens (tertiary/aromatic N) is 2. The van der Waals surface area contributed by atoms with Gasteiger partial charge in [-0.1, -0.05) is 55.5 Å². The van der Waals surface area contributed by atoms with Crippen molar-refractivity contribution in [1.82, 2.24) is 9.91 Å². The van der Waals surface area contributed by atoms with Gasteiger partial charge in [-0.05, 0) is 49.4 Å². The van der Waals surface area contributed by atoms with Crippen molar-refractivity contribution in [3.05, 3.63) is 77.5 Å². The number of hydrazine groups is 1. The molecule has 0 atom stereocenters. The van der Waals surface area contributed by atoms with E-state index in [0.717, 1.165) is 23.2 Å². The van der Waals surface area contributed by atoms with E-state index in [9.17, 15) is 9.90 Å². The molecule has 0 fully saturated rings. The van der Waals surface area contributed by atoms with Gasteiger partial charge in [-0.15, -0.1) is 0 Å². The number of phenols is 1. The topological polar surface area (TPSA) is 69.8 Å². The van der Waals surface area contributed by atoms with Crippen molar-refractivity contribution in [2.24, 2.45) is 5.84 Å². The standard InChI is InChI=1S/C22H29N3O2/c1-4-14-24(18(3)10-13-19-6-5-7-21(26)15-19)22(27)25(23)16-20-11-8-17(2)9-12-20/h5-9,11-12,15,26H,3-4,10,13-14,16,23H2,1-2H3. The van der Waals surface area contributed by atoms with Gasteiger partial charge < -0.3 is 5.11 Å². The minimum atomic E-state index is -0.252. The monoisotopic (exact) mass is 367 g/mol. The predicted octanol–water partition coefficient (Wildman–Crippen LogP) is 4.35. The van der Waals surface area contributed by atoms with Crippen molar-refractivity contribution in [3.8, 4) is 5.75 Å². The lowest BCUT2D eigenvalue weighted by molar-refractivity contribution is 0.162. The highest BCUT2D eigenvalue weighted by molar-refractivity contribution is 5.75. The van der Waals surface area contributed by atoms with E-state index in [-0.39, 0.29) is 11.8 Å². The highest BCUT2D eigenvalue weighted by atomic mass is 16.3. The Morgan fingerprint density at radius 3 is 2.48 bits per heavy atom. The zero-order chi connectivity index (χ0) is 19.8. The van der Waals surface area contributed by atoms with E-state index in [4.69, 9.17) is 5.84 Å². The van der Waals surface area contributed by atoms with Crippen LogP contribution in [0.25, 0.3) is 0 Å². The fourth-order valence-electron chi connectivity index (χ4n) is 2.86. The van der Waals surface area contributed by atoms with Gasteiger partial charge in [0, 0.05) is 12.2 Å². The van der Waals surface area contributed by atoms with Crippen LogP contribution in [0.4, 0.5) is 4.79 Å². The molecule has 144 valence electrons. The molecule has 0 aromatic heterocycles. The minimum Gasteiger partial charge on any atom is -0.508 e. The molecule has 0 unspecified atom stereocenters. The van der Waals surface area contributed by atoms with Gasteiger partial charge >= 0.3 is 6.03 Å². The van der Waals surface area contributed by atoms with E-state index in [1.54, 1.807) is 17.0 Å². The first kappa shape index (κ1) is 20.5. The molecule has 2 aromatic carbocycles. The maximum Gasteiger partial charge on any atom is 0.338 e. The maximum absolute atomic E-state index is 12.8. The Hall–Kier alpha value is -2.79. The molecule has 3 N–H and O–H groups in total. The van der Waals surface area contributed by atoms with E-state index >= 15 is 0 Å². The molecule has 0 aliphatic rings. The van der Waals surface area contributed by atoms with Gasteiger partial charge in [0.2, 0.25) is 0 Å². The predicted molar refractivity (Wildman–Crippen MR) is 109 cm³/mol. The summed E-state index contributed by atoms with van der Waals surface area (Å²) in [7, 11) is 0. The molecule has 2 aromatic rings. The number of amides is 2. The summed E-state index contributed by atoms with van der Waals surface area (Å²) in [6.07, 6.45) is 2.13. The van der Waals surface area contributed by atoms with Gasteiger partial charge in [0.1, 0.15) is 5.75 Å². The lowest BCUT2D eigenvalue weighted by atomic mass is 10.1. The Morgan fingerprint density at radius 2 is 1.85 bits per heavy atom. The first-order chi connectivity index (χ1) is 12.9. The molecule has 0 bridgehead atoms. The van der Waals surface area contributed by atoms with Gasteiger partial charge in [-0.3, -0.25) is 9.91 Å². The number of aryl methyl sites for hydroxylation is 2. The third kappa shape index (κ3) is 6.15. The molecule has 0 radical (unpaired) electrons. The fraction of sp³-hybridized carbons (Fsp3) is 0.318. The van der Waals surface area contributed by atoms with Crippen LogP contribution in [0.1, 0.15) is 36.5 Å². The summed E-state index contributed by atoms with van der Waals surface area (Å²) < 4.78 is 0. The van der Waals surface area contributed by atoms with E-state index in [1.165, 1.54) is 10.6 Å². The lowest BCUT2D eigenvalue weighted by Gasteiger charge is -2.29. The zero-order valence-electron chi connectivity index (χ0n) is 16.2.